The molecule has 11 heteroatoms. The second kappa shape index (κ2) is 8.16. The second-order valence-corrected chi connectivity index (χ2v) is 6.13. The predicted molar refractivity (Wildman–Crippen MR) is 93.8 cm³/mol. The molecule has 3 amide bonds. The van der Waals surface area contributed by atoms with Crippen molar-refractivity contribution in [1.82, 2.24) is 10.3 Å². The molecule has 0 unspecified atom stereocenters. The van der Waals surface area contributed by atoms with Crippen LogP contribution in [0.2, 0.25) is 0 Å². The average molecular weight is 377 g/mol. The van der Waals surface area contributed by atoms with Gasteiger partial charge in [-0.2, -0.15) is 0 Å². The Kier molecular flexibility index (Phi) is 5.96. The molecule has 136 valence electrons. The van der Waals surface area contributed by atoms with Gasteiger partial charge in [0.05, 0.1) is 23.6 Å². The van der Waals surface area contributed by atoms with Crippen molar-refractivity contribution in [2.45, 2.75) is 13.3 Å². The number of nitro groups is 1. The summed E-state index contributed by atoms with van der Waals surface area (Å²) in [5.74, 6) is -1.68. The summed E-state index contributed by atoms with van der Waals surface area (Å²) >= 11 is 1.12. The lowest BCUT2D eigenvalue weighted by atomic mass is 10.1. The molecule has 2 rings (SSSR count). The van der Waals surface area contributed by atoms with Gasteiger partial charge in [-0.1, -0.05) is 6.07 Å². The van der Waals surface area contributed by atoms with Gasteiger partial charge in [0.25, 0.3) is 11.6 Å². The van der Waals surface area contributed by atoms with Crippen LogP contribution in [0, 0.1) is 17.0 Å². The Hall–Kier alpha value is -3.34. The molecule has 4 N–H and O–H groups in total. The predicted octanol–water partition coefficient (Wildman–Crippen LogP) is 0.756. The third-order valence-corrected chi connectivity index (χ3v) is 4.04. The Bertz CT molecular complexity index is 879. The van der Waals surface area contributed by atoms with E-state index in [4.69, 9.17) is 5.73 Å². The number of aryl methyl sites for hydroxylation is 1. The van der Waals surface area contributed by atoms with E-state index in [0.29, 0.717) is 11.3 Å². The Balaban J connectivity index is 1.91. The number of primary amides is 1. The van der Waals surface area contributed by atoms with E-state index in [1.165, 1.54) is 12.1 Å². The monoisotopic (exact) mass is 377 g/mol. The van der Waals surface area contributed by atoms with Crippen LogP contribution < -0.4 is 16.4 Å². The van der Waals surface area contributed by atoms with Crippen LogP contribution in [0.4, 0.5) is 10.8 Å². The molecule has 1 aromatic heterocycles. The zero-order chi connectivity index (χ0) is 19.3. The maximum Gasteiger partial charge on any atom is 0.273 e. The van der Waals surface area contributed by atoms with Gasteiger partial charge in [-0.05, 0) is 13.0 Å². The maximum absolute atomic E-state index is 12.0. The highest BCUT2D eigenvalue weighted by atomic mass is 32.1. The first-order valence-electron chi connectivity index (χ1n) is 7.32. The molecule has 0 aliphatic carbocycles. The van der Waals surface area contributed by atoms with Crippen molar-refractivity contribution in [2.24, 2.45) is 5.73 Å². The number of hydrogen-bond donors (Lipinski definition) is 3. The highest BCUT2D eigenvalue weighted by molar-refractivity contribution is 7.13. The molecule has 0 aliphatic rings. The van der Waals surface area contributed by atoms with Crippen LogP contribution in [0.1, 0.15) is 21.6 Å². The van der Waals surface area contributed by atoms with Gasteiger partial charge in [-0.3, -0.25) is 24.5 Å². The minimum atomic E-state index is -0.614. The Morgan fingerprint density at radius 3 is 2.73 bits per heavy atom. The van der Waals surface area contributed by atoms with Crippen LogP contribution in [0.25, 0.3) is 0 Å². The van der Waals surface area contributed by atoms with Gasteiger partial charge in [-0.15, -0.1) is 11.3 Å². The lowest BCUT2D eigenvalue weighted by molar-refractivity contribution is -0.385. The van der Waals surface area contributed by atoms with E-state index in [1.807, 2.05) is 0 Å². The van der Waals surface area contributed by atoms with Crippen LogP contribution in [0.15, 0.2) is 23.6 Å². The van der Waals surface area contributed by atoms with Gasteiger partial charge in [0.15, 0.2) is 5.13 Å². The minimum absolute atomic E-state index is 0.0324. The summed E-state index contributed by atoms with van der Waals surface area (Å²) in [6.45, 7) is 1.22. The van der Waals surface area contributed by atoms with Crippen molar-refractivity contribution in [1.29, 1.82) is 0 Å². The van der Waals surface area contributed by atoms with Gasteiger partial charge in [0.2, 0.25) is 11.8 Å². The molecule has 0 saturated carbocycles. The summed E-state index contributed by atoms with van der Waals surface area (Å²) in [6.07, 6.45) is -0.0324. The fourth-order valence-corrected chi connectivity index (χ4v) is 2.72. The summed E-state index contributed by atoms with van der Waals surface area (Å²) in [6, 6.07) is 4.05. The standard InChI is InChI=1S/C15H15N5O5S/c1-8-2-3-9(4-11(8)20(24)25)14(23)17-6-13(22)19-15-18-10(7-26-15)5-12(16)21/h2-4,7H,5-6H2,1H3,(H2,16,21)(H,17,23)(H,18,19,22). The Labute approximate surface area is 151 Å². The number of nitrogens with two attached hydrogens (primary N) is 1. The van der Waals surface area contributed by atoms with Gasteiger partial charge in [0, 0.05) is 22.6 Å². The van der Waals surface area contributed by atoms with Crippen LogP contribution >= 0.6 is 11.3 Å². The number of nitrogens with one attached hydrogen (secondary N) is 2. The number of aromatic nitrogens is 1. The quantitative estimate of drug-likeness (QED) is 0.477. The lowest BCUT2D eigenvalue weighted by Gasteiger charge is -2.06. The molecule has 1 heterocycles. The van der Waals surface area contributed by atoms with Crippen LogP contribution in [-0.4, -0.2) is 34.2 Å². The summed E-state index contributed by atoms with van der Waals surface area (Å²) < 4.78 is 0. The molecule has 0 spiro atoms. The minimum Gasteiger partial charge on any atom is -0.369 e. The fourth-order valence-electron chi connectivity index (χ4n) is 2.00. The van der Waals surface area contributed by atoms with E-state index in [2.05, 4.69) is 15.6 Å². The van der Waals surface area contributed by atoms with Crippen LogP contribution in [0.5, 0.6) is 0 Å². The second-order valence-electron chi connectivity index (χ2n) is 5.28. The van der Waals surface area contributed by atoms with Crippen LogP contribution in [0.3, 0.4) is 0 Å². The average Bonchev–Trinajstić information content (AvgIpc) is 2.98. The number of thiazole rings is 1. The molecule has 1 aromatic carbocycles. The smallest absolute Gasteiger partial charge is 0.273 e. The molecule has 0 atom stereocenters. The zero-order valence-electron chi connectivity index (χ0n) is 13.6. The van der Waals surface area contributed by atoms with Gasteiger partial charge in [0.1, 0.15) is 0 Å². The number of amides is 3. The molecule has 0 fully saturated rings. The third-order valence-electron chi connectivity index (χ3n) is 3.23. The van der Waals surface area contributed by atoms with E-state index in [0.717, 1.165) is 17.4 Å². The largest absolute Gasteiger partial charge is 0.369 e. The molecule has 2 aromatic rings. The Morgan fingerprint density at radius 2 is 2.08 bits per heavy atom. The molecular formula is C15H15N5O5S. The first kappa shape index (κ1) is 19.0. The first-order chi connectivity index (χ1) is 12.3. The first-order valence-corrected chi connectivity index (χ1v) is 8.20. The zero-order valence-corrected chi connectivity index (χ0v) is 14.5. The highest BCUT2D eigenvalue weighted by Gasteiger charge is 2.16. The molecule has 26 heavy (non-hydrogen) atoms. The number of nitrogens with zero attached hydrogens (tertiary/aromatic N) is 2. The van der Waals surface area contributed by atoms with Crippen molar-refractivity contribution in [3.63, 3.8) is 0 Å². The van der Waals surface area contributed by atoms with Crippen LogP contribution in [-0.2, 0) is 16.0 Å². The number of rotatable bonds is 7. The number of anilines is 1. The topological polar surface area (TPSA) is 157 Å². The van der Waals surface area contributed by atoms with Gasteiger partial charge in [-0.25, -0.2) is 4.98 Å². The number of carbonyl (C=O) groups is 3. The van der Waals surface area contributed by atoms with Crippen molar-refractivity contribution in [3.8, 4) is 0 Å². The van der Waals surface area contributed by atoms with Crippen molar-refractivity contribution < 1.29 is 19.3 Å². The molecule has 0 aliphatic heterocycles. The summed E-state index contributed by atoms with van der Waals surface area (Å²) in [4.78, 5) is 49.0. The lowest BCUT2D eigenvalue weighted by Crippen LogP contribution is -2.32. The van der Waals surface area contributed by atoms with Crippen molar-refractivity contribution in [3.05, 3.63) is 50.5 Å². The summed E-state index contributed by atoms with van der Waals surface area (Å²) in [7, 11) is 0. The third kappa shape index (κ3) is 5.08. The van der Waals surface area contributed by atoms with E-state index < -0.39 is 22.6 Å². The van der Waals surface area contributed by atoms with E-state index in [-0.39, 0.29) is 29.3 Å². The molecule has 0 bridgehead atoms. The Morgan fingerprint density at radius 1 is 1.35 bits per heavy atom. The number of nitro benzene ring substituents is 1. The highest BCUT2D eigenvalue weighted by Crippen LogP contribution is 2.19. The molecule has 10 nitrogen and oxygen atoms in total. The van der Waals surface area contributed by atoms with Crippen molar-refractivity contribution >= 4 is 39.9 Å². The SMILES string of the molecule is Cc1ccc(C(=O)NCC(=O)Nc2nc(CC(N)=O)cs2)cc1[N+](=O)[O-]. The molecule has 0 saturated heterocycles. The maximum atomic E-state index is 12.0. The fraction of sp³-hybridized carbons (Fsp3) is 0.200. The number of carbonyl (C=O) groups excluding carboxylic acids is 3. The van der Waals surface area contributed by atoms with Gasteiger partial charge < -0.3 is 16.4 Å². The van der Waals surface area contributed by atoms with E-state index in [1.54, 1.807) is 12.3 Å². The normalized spacial score (nSPS) is 10.2. The summed E-state index contributed by atoms with van der Waals surface area (Å²) in [5, 5.41) is 17.6. The van der Waals surface area contributed by atoms with E-state index in [9.17, 15) is 24.5 Å². The van der Waals surface area contributed by atoms with Crippen molar-refractivity contribution in [2.75, 3.05) is 11.9 Å². The molecular weight excluding hydrogens is 362 g/mol. The van der Waals surface area contributed by atoms with Gasteiger partial charge >= 0.3 is 0 Å². The summed E-state index contributed by atoms with van der Waals surface area (Å²) in [5.41, 5.74) is 5.83. The molecule has 0 radical (unpaired) electrons. The van der Waals surface area contributed by atoms with E-state index >= 15 is 0 Å². The number of hydrogen-bond acceptors (Lipinski definition) is 7. The number of benzene rings is 1.